The molecule has 3 heteroatoms. The molecule has 1 aliphatic heterocycles. The van der Waals surface area contributed by atoms with Crippen LogP contribution in [0, 0.1) is 6.92 Å². The van der Waals surface area contributed by atoms with Crippen molar-refractivity contribution in [3.05, 3.63) is 23.8 Å². The minimum absolute atomic E-state index is 0.678. The smallest absolute Gasteiger partial charge is 0.121 e. The number of anilines is 1. The molecule has 1 aromatic rings. The maximum atomic E-state index is 5.30. The molecule has 3 nitrogen and oxygen atoms in total. The Hall–Kier alpha value is -1.22. The molecule has 0 unspecified atom stereocenters. The number of nitrogens with zero attached hydrogens (tertiary/aromatic N) is 2. The number of aryl methyl sites for hydroxylation is 1. The molecule has 0 radical (unpaired) electrons. The predicted molar refractivity (Wildman–Crippen MR) is 72.0 cm³/mol. The van der Waals surface area contributed by atoms with Gasteiger partial charge in [0.15, 0.2) is 0 Å². The van der Waals surface area contributed by atoms with Crippen LogP contribution in [0.2, 0.25) is 0 Å². The molecule has 0 bridgehead atoms. The maximum absolute atomic E-state index is 5.30. The Morgan fingerprint density at radius 3 is 2.65 bits per heavy atom. The molecular weight excluding hydrogens is 212 g/mol. The highest BCUT2D eigenvalue weighted by Gasteiger charge is 2.24. The monoisotopic (exact) mass is 234 g/mol. The molecule has 94 valence electrons. The van der Waals surface area contributed by atoms with Crippen LogP contribution in [0.15, 0.2) is 18.2 Å². The second-order valence-electron chi connectivity index (χ2n) is 5.01. The molecule has 1 aromatic carbocycles. The average Bonchev–Trinajstić information content (AvgIpc) is 2.78. The second kappa shape index (κ2) is 4.96. The van der Waals surface area contributed by atoms with E-state index in [1.807, 2.05) is 0 Å². The van der Waals surface area contributed by atoms with E-state index in [-0.39, 0.29) is 0 Å². The van der Waals surface area contributed by atoms with Gasteiger partial charge in [0.2, 0.25) is 0 Å². The normalized spacial score (nSPS) is 20.1. The summed E-state index contributed by atoms with van der Waals surface area (Å²) in [6.07, 6.45) is 1.25. The number of benzene rings is 1. The van der Waals surface area contributed by atoms with Crippen LogP contribution in [-0.4, -0.2) is 45.2 Å². The first-order valence-electron chi connectivity index (χ1n) is 6.18. The van der Waals surface area contributed by atoms with E-state index < -0.39 is 0 Å². The summed E-state index contributed by atoms with van der Waals surface area (Å²) in [5, 5.41) is 0. The fraction of sp³-hybridized carbons (Fsp3) is 0.571. The largest absolute Gasteiger partial charge is 0.496 e. The Morgan fingerprint density at radius 1 is 1.35 bits per heavy atom. The average molecular weight is 234 g/mol. The summed E-state index contributed by atoms with van der Waals surface area (Å²) in [5.41, 5.74) is 2.52. The Morgan fingerprint density at radius 2 is 2.12 bits per heavy atom. The quantitative estimate of drug-likeness (QED) is 0.797. The predicted octanol–water partition coefficient (Wildman–Crippen LogP) is 2.14. The summed E-state index contributed by atoms with van der Waals surface area (Å²) in [5.74, 6) is 0.970. The zero-order valence-corrected chi connectivity index (χ0v) is 11.2. The number of hydrogen-bond donors (Lipinski definition) is 0. The second-order valence-corrected chi connectivity index (χ2v) is 5.01. The van der Waals surface area contributed by atoms with Gasteiger partial charge in [0.1, 0.15) is 5.75 Å². The number of rotatable bonds is 3. The van der Waals surface area contributed by atoms with Gasteiger partial charge in [-0.2, -0.15) is 0 Å². The van der Waals surface area contributed by atoms with Gasteiger partial charge in [-0.3, -0.25) is 0 Å². The molecule has 0 aromatic heterocycles. The van der Waals surface area contributed by atoms with Gasteiger partial charge >= 0.3 is 0 Å². The summed E-state index contributed by atoms with van der Waals surface area (Å²) in [7, 11) is 6.04. The van der Waals surface area contributed by atoms with E-state index in [9.17, 15) is 0 Å². The van der Waals surface area contributed by atoms with Gasteiger partial charge in [0.05, 0.1) is 7.11 Å². The highest BCUT2D eigenvalue weighted by molar-refractivity contribution is 5.53. The van der Waals surface area contributed by atoms with E-state index in [0.717, 1.165) is 18.8 Å². The molecule has 0 spiro atoms. The summed E-state index contributed by atoms with van der Waals surface area (Å²) >= 11 is 0. The molecule has 0 saturated carbocycles. The van der Waals surface area contributed by atoms with Gasteiger partial charge in [0, 0.05) is 24.8 Å². The highest BCUT2D eigenvalue weighted by atomic mass is 16.5. The molecule has 1 fully saturated rings. The lowest BCUT2D eigenvalue weighted by Gasteiger charge is -2.22. The number of hydrogen-bond acceptors (Lipinski definition) is 3. The van der Waals surface area contributed by atoms with Gasteiger partial charge in [0.25, 0.3) is 0 Å². The topological polar surface area (TPSA) is 15.7 Å². The van der Waals surface area contributed by atoms with Gasteiger partial charge in [-0.1, -0.05) is 0 Å². The molecule has 17 heavy (non-hydrogen) atoms. The first-order valence-corrected chi connectivity index (χ1v) is 6.18. The number of ether oxygens (including phenoxy) is 1. The lowest BCUT2D eigenvalue weighted by molar-refractivity contribution is 0.315. The molecule has 1 atom stereocenters. The van der Waals surface area contributed by atoms with Crippen LogP contribution in [-0.2, 0) is 0 Å². The van der Waals surface area contributed by atoms with Crippen molar-refractivity contribution in [1.29, 1.82) is 0 Å². The molecule has 0 aliphatic carbocycles. The van der Waals surface area contributed by atoms with E-state index in [1.165, 1.54) is 17.7 Å². The first kappa shape index (κ1) is 12.2. The van der Waals surface area contributed by atoms with Gasteiger partial charge in [-0.15, -0.1) is 0 Å². The molecule has 0 N–H and O–H groups in total. The Kier molecular flexibility index (Phi) is 3.57. The van der Waals surface area contributed by atoms with Gasteiger partial charge < -0.3 is 14.5 Å². The van der Waals surface area contributed by atoms with Crippen molar-refractivity contribution in [3.8, 4) is 5.75 Å². The molecule has 0 amide bonds. The molecule has 2 rings (SSSR count). The van der Waals surface area contributed by atoms with Crippen LogP contribution in [0.3, 0.4) is 0 Å². The zero-order chi connectivity index (χ0) is 12.4. The van der Waals surface area contributed by atoms with Crippen molar-refractivity contribution in [2.24, 2.45) is 0 Å². The van der Waals surface area contributed by atoms with E-state index in [1.54, 1.807) is 7.11 Å². The number of methoxy groups -OCH3 is 1. The fourth-order valence-electron chi connectivity index (χ4n) is 2.46. The standard InChI is InChI=1S/C14H22N2O/c1-11-9-12(5-6-14(11)17-4)16-8-7-13(10-16)15(2)3/h5-6,9,13H,7-8,10H2,1-4H3/t13-/m0/s1. The van der Waals surface area contributed by atoms with E-state index in [2.05, 4.69) is 49.0 Å². The summed E-state index contributed by atoms with van der Waals surface area (Å²) in [4.78, 5) is 4.77. The van der Waals surface area contributed by atoms with Gasteiger partial charge in [-0.05, 0) is 51.2 Å². The third kappa shape index (κ3) is 2.55. The fourth-order valence-corrected chi connectivity index (χ4v) is 2.46. The minimum Gasteiger partial charge on any atom is -0.496 e. The van der Waals surface area contributed by atoms with Crippen LogP contribution in [0.4, 0.5) is 5.69 Å². The van der Waals surface area contributed by atoms with Crippen molar-refractivity contribution in [1.82, 2.24) is 4.90 Å². The lowest BCUT2D eigenvalue weighted by atomic mass is 10.2. The van der Waals surface area contributed by atoms with Crippen molar-refractivity contribution in [3.63, 3.8) is 0 Å². The van der Waals surface area contributed by atoms with Crippen molar-refractivity contribution >= 4 is 5.69 Å². The van der Waals surface area contributed by atoms with Crippen LogP contribution < -0.4 is 9.64 Å². The third-order valence-electron chi connectivity index (χ3n) is 3.64. The van der Waals surface area contributed by atoms with E-state index >= 15 is 0 Å². The van der Waals surface area contributed by atoms with Crippen molar-refractivity contribution in [2.75, 3.05) is 39.2 Å². The van der Waals surface area contributed by atoms with Crippen LogP contribution >= 0.6 is 0 Å². The Balaban J connectivity index is 2.11. The first-order chi connectivity index (χ1) is 8.11. The SMILES string of the molecule is COc1ccc(N2CC[C@H](N(C)C)C2)cc1C. The molecule has 1 aliphatic rings. The Labute approximate surface area is 104 Å². The van der Waals surface area contributed by atoms with Crippen molar-refractivity contribution < 1.29 is 4.74 Å². The highest BCUT2D eigenvalue weighted by Crippen LogP contribution is 2.27. The maximum Gasteiger partial charge on any atom is 0.121 e. The van der Waals surface area contributed by atoms with Crippen LogP contribution in [0.1, 0.15) is 12.0 Å². The molecule has 1 heterocycles. The Bertz CT molecular complexity index is 390. The third-order valence-corrected chi connectivity index (χ3v) is 3.64. The molecule has 1 saturated heterocycles. The summed E-state index contributed by atoms with van der Waals surface area (Å²) in [6, 6.07) is 7.12. The summed E-state index contributed by atoms with van der Waals surface area (Å²) in [6.45, 7) is 4.37. The van der Waals surface area contributed by atoms with Gasteiger partial charge in [-0.25, -0.2) is 0 Å². The lowest BCUT2D eigenvalue weighted by Crippen LogP contribution is -2.31. The molecular formula is C14H22N2O. The van der Waals surface area contributed by atoms with Crippen LogP contribution in [0.25, 0.3) is 0 Å². The van der Waals surface area contributed by atoms with E-state index in [4.69, 9.17) is 4.74 Å². The van der Waals surface area contributed by atoms with Crippen molar-refractivity contribution in [2.45, 2.75) is 19.4 Å². The zero-order valence-electron chi connectivity index (χ0n) is 11.2. The minimum atomic E-state index is 0.678. The summed E-state index contributed by atoms with van der Waals surface area (Å²) < 4.78 is 5.30. The van der Waals surface area contributed by atoms with Crippen LogP contribution in [0.5, 0.6) is 5.75 Å². The van der Waals surface area contributed by atoms with E-state index in [0.29, 0.717) is 6.04 Å². The number of likely N-dealkylation sites (N-methyl/N-ethyl adjacent to an activating group) is 1.